The Morgan fingerprint density at radius 1 is 1.57 bits per heavy atom. The summed E-state index contributed by atoms with van der Waals surface area (Å²) in [5, 5.41) is 8.93. The molecule has 0 saturated carbocycles. The number of rotatable bonds is 3. The van der Waals surface area contributed by atoms with Gasteiger partial charge in [0.1, 0.15) is 5.54 Å². The normalized spacial score (nSPS) is 14.8. The van der Waals surface area contributed by atoms with Gasteiger partial charge in [-0.15, -0.1) is 0 Å². The molecule has 0 spiro atoms. The van der Waals surface area contributed by atoms with E-state index in [9.17, 15) is 4.79 Å². The van der Waals surface area contributed by atoms with Gasteiger partial charge in [0.2, 0.25) is 0 Å². The summed E-state index contributed by atoms with van der Waals surface area (Å²) < 4.78 is 0. The molecule has 0 aliphatic carbocycles. The van der Waals surface area contributed by atoms with Crippen LogP contribution in [0, 0.1) is 0 Å². The number of carbonyl (C=O) groups is 1. The number of aliphatic carboxylic acids is 1. The second kappa shape index (κ2) is 3.80. The highest BCUT2D eigenvalue weighted by Crippen LogP contribution is 2.19. The Kier molecular flexibility index (Phi) is 2.91. The highest BCUT2D eigenvalue weighted by Gasteiger charge is 2.29. The van der Waals surface area contributed by atoms with E-state index in [-0.39, 0.29) is 0 Å². The zero-order valence-corrected chi connectivity index (χ0v) is 8.45. The molecule has 14 heavy (non-hydrogen) atoms. The van der Waals surface area contributed by atoms with Crippen LogP contribution in [0.3, 0.4) is 0 Å². The lowest BCUT2D eigenvalue weighted by molar-refractivity contribution is -0.143. The smallest absolute Gasteiger partial charge is 0.328 e. The van der Waals surface area contributed by atoms with Crippen molar-refractivity contribution >= 4 is 5.97 Å². The van der Waals surface area contributed by atoms with Crippen molar-refractivity contribution in [1.29, 1.82) is 0 Å². The molecule has 76 valence electrons. The molecule has 0 fully saturated rings. The molecule has 1 aromatic carbocycles. The van der Waals surface area contributed by atoms with E-state index in [4.69, 9.17) is 10.8 Å². The number of hydrogen-bond donors (Lipinski definition) is 2. The van der Waals surface area contributed by atoms with Crippen LogP contribution >= 0.6 is 0 Å². The van der Waals surface area contributed by atoms with Crippen molar-refractivity contribution in [2.24, 2.45) is 5.73 Å². The molecule has 1 rings (SSSR count). The molecular formula is C11H15NO2. The van der Waals surface area contributed by atoms with Gasteiger partial charge in [-0.3, -0.25) is 0 Å². The van der Waals surface area contributed by atoms with E-state index >= 15 is 0 Å². The fourth-order valence-corrected chi connectivity index (χ4v) is 1.24. The molecule has 1 aromatic rings. The monoisotopic (exact) mass is 193 g/mol. The Balaban J connectivity index is 3.12. The maximum atomic E-state index is 10.9. The van der Waals surface area contributed by atoms with E-state index < -0.39 is 11.5 Å². The van der Waals surface area contributed by atoms with Gasteiger partial charge in [0, 0.05) is 0 Å². The standard InChI is InChI=1S/C11H15NO2/c1-3-8-5-4-6-9(7-8)11(2,12)10(13)14/h4-7H,3,12H2,1-2H3,(H,13,14). The Hall–Kier alpha value is -1.35. The third-order valence-corrected chi connectivity index (χ3v) is 2.38. The van der Waals surface area contributed by atoms with Crippen molar-refractivity contribution in [3.63, 3.8) is 0 Å². The second-order valence-corrected chi connectivity index (χ2v) is 3.56. The lowest BCUT2D eigenvalue weighted by Crippen LogP contribution is -2.41. The number of carboxylic acid groups (broad SMARTS) is 1. The van der Waals surface area contributed by atoms with Crippen LogP contribution in [0.15, 0.2) is 24.3 Å². The van der Waals surface area contributed by atoms with E-state index in [1.165, 1.54) is 6.92 Å². The Labute approximate surface area is 83.6 Å². The van der Waals surface area contributed by atoms with Crippen LogP contribution in [0.5, 0.6) is 0 Å². The molecule has 0 bridgehead atoms. The summed E-state index contributed by atoms with van der Waals surface area (Å²) in [7, 11) is 0. The molecule has 1 unspecified atom stereocenters. The van der Waals surface area contributed by atoms with E-state index in [1.54, 1.807) is 6.07 Å². The number of aryl methyl sites for hydroxylation is 1. The molecule has 0 aromatic heterocycles. The zero-order chi connectivity index (χ0) is 10.8. The van der Waals surface area contributed by atoms with Crippen molar-refractivity contribution in [3.8, 4) is 0 Å². The van der Waals surface area contributed by atoms with Crippen molar-refractivity contribution in [2.45, 2.75) is 25.8 Å². The molecule has 0 saturated heterocycles. The van der Waals surface area contributed by atoms with Crippen LogP contribution < -0.4 is 5.73 Å². The molecule has 3 nitrogen and oxygen atoms in total. The third-order valence-electron chi connectivity index (χ3n) is 2.38. The fraction of sp³-hybridized carbons (Fsp3) is 0.364. The predicted molar refractivity (Wildman–Crippen MR) is 55.0 cm³/mol. The minimum Gasteiger partial charge on any atom is -0.480 e. The van der Waals surface area contributed by atoms with Gasteiger partial charge in [0.25, 0.3) is 0 Å². The van der Waals surface area contributed by atoms with Crippen molar-refractivity contribution in [2.75, 3.05) is 0 Å². The average Bonchev–Trinajstić information content (AvgIpc) is 2.17. The van der Waals surface area contributed by atoms with Crippen molar-refractivity contribution in [3.05, 3.63) is 35.4 Å². The zero-order valence-electron chi connectivity index (χ0n) is 8.45. The van der Waals surface area contributed by atoms with Crippen molar-refractivity contribution < 1.29 is 9.90 Å². The van der Waals surface area contributed by atoms with Gasteiger partial charge >= 0.3 is 5.97 Å². The Morgan fingerprint density at radius 3 is 2.71 bits per heavy atom. The molecule has 0 amide bonds. The van der Waals surface area contributed by atoms with Crippen LogP contribution in [-0.2, 0) is 16.8 Å². The lowest BCUT2D eigenvalue weighted by atomic mass is 9.92. The van der Waals surface area contributed by atoms with Gasteiger partial charge in [-0.1, -0.05) is 31.2 Å². The minimum atomic E-state index is -1.30. The number of hydrogen-bond acceptors (Lipinski definition) is 2. The van der Waals surface area contributed by atoms with Crippen molar-refractivity contribution in [1.82, 2.24) is 0 Å². The first kappa shape index (κ1) is 10.7. The second-order valence-electron chi connectivity index (χ2n) is 3.56. The van der Waals surface area contributed by atoms with Crippen LogP contribution in [0.25, 0.3) is 0 Å². The van der Waals surface area contributed by atoms with E-state index in [0.717, 1.165) is 12.0 Å². The van der Waals surface area contributed by atoms with Gasteiger partial charge in [-0.25, -0.2) is 4.79 Å². The van der Waals surface area contributed by atoms with Gasteiger partial charge in [-0.2, -0.15) is 0 Å². The first-order valence-corrected chi connectivity index (χ1v) is 4.60. The van der Waals surface area contributed by atoms with Crippen LogP contribution in [0.4, 0.5) is 0 Å². The van der Waals surface area contributed by atoms with Gasteiger partial charge < -0.3 is 10.8 Å². The fourth-order valence-electron chi connectivity index (χ4n) is 1.24. The largest absolute Gasteiger partial charge is 0.480 e. The summed E-state index contributed by atoms with van der Waals surface area (Å²) in [5.41, 5.74) is 6.15. The van der Waals surface area contributed by atoms with Gasteiger partial charge in [-0.05, 0) is 24.5 Å². The van der Waals surface area contributed by atoms with E-state index in [0.29, 0.717) is 5.56 Å². The summed E-state index contributed by atoms with van der Waals surface area (Å²) in [6, 6.07) is 7.38. The highest BCUT2D eigenvalue weighted by molar-refractivity contribution is 5.79. The first-order valence-electron chi connectivity index (χ1n) is 4.60. The lowest BCUT2D eigenvalue weighted by Gasteiger charge is -2.20. The Bertz CT molecular complexity index is 345. The number of benzene rings is 1. The molecule has 3 N–H and O–H groups in total. The summed E-state index contributed by atoms with van der Waals surface area (Å²) >= 11 is 0. The topological polar surface area (TPSA) is 63.3 Å². The molecule has 0 aliphatic rings. The molecule has 1 atom stereocenters. The molecule has 0 aliphatic heterocycles. The van der Waals surface area contributed by atoms with Crippen LogP contribution in [-0.4, -0.2) is 11.1 Å². The van der Waals surface area contributed by atoms with Crippen LogP contribution in [0.1, 0.15) is 25.0 Å². The van der Waals surface area contributed by atoms with E-state index in [2.05, 4.69) is 0 Å². The SMILES string of the molecule is CCc1cccc(C(C)(N)C(=O)O)c1. The molecule has 0 heterocycles. The predicted octanol–water partition coefficient (Wildman–Crippen LogP) is 1.51. The summed E-state index contributed by atoms with van der Waals surface area (Å²) in [6.07, 6.45) is 0.879. The van der Waals surface area contributed by atoms with Gasteiger partial charge in [0.05, 0.1) is 0 Å². The summed E-state index contributed by atoms with van der Waals surface area (Å²) in [5.74, 6) is -1.01. The minimum absolute atomic E-state index is 0.643. The highest BCUT2D eigenvalue weighted by atomic mass is 16.4. The maximum Gasteiger partial charge on any atom is 0.328 e. The molecular weight excluding hydrogens is 178 g/mol. The quantitative estimate of drug-likeness (QED) is 0.764. The number of carboxylic acids is 1. The number of nitrogens with two attached hydrogens (primary N) is 1. The van der Waals surface area contributed by atoms with E-state index in [1.807, 2.05) is 25.1 Å². The van der Waals surface area contributed by atoms with Gasteiger partial charge in [0.15, 0.2) is 0 Å². The first-order chi connectivity index (χ1) is 6.48. The maximum absolute atomic E-state index is 10.9. The molecule has 0 radical (unpaired) electrons. The summed E-state index contributed by atoms with van der Waals surface area (Å²) in [6.45, 7) is 3.53. The summed E-state index contributed by atoms with van der Waals surface area (Å²) in [4.78, 5) is 10.9. The Morgan fingerprint density at radius 2 is 2.21 bits per heavy atom. The van der Waals surface area contributed by atoms with Crippen LogP contribution in [0.2, 0.25) is 0 Å². The molecule has 3 heteroatoms. The third kappa shape index (κ3) is 1.93. The average molecular weight is 193 g/mol.